The molecule has 2 aromatic rings. The number of hydrogen-bond donors (Lipinski definition) is 2. The fraction of sp³-hybridized carbons (Fsp3) is 0.100. The highest BCUT2D eigenvalue weighted by Gasteiger charge is 2.06. The van der Waals surface area contributed by atoms with Crippen LogP contribution in [0.25, 0.3) is 0 Å². The minimum Gasteiger partial charge on any atom is -0.475 e. The van der Waals surface area contributed by atoms with Crippen LogP contribution in [0.2, 0.25) is 0 Å². The average Bonchev–Trinajstić information content (AvgIpc) is 2.79. The van der Waals surface area contributed by atoms with Gasteiger partial charge in [-0.1, -0.05) is 6.07 Å². The van der Waals surface area contributed by atoms with Crippen molar-refractivity contribution in [3.63, 3.8) is 0 Å². The van der Waals surface area contributed by atoms with Crippen molar-refractivity contribution in [1.29, 1.82) is 0 Å². The smallest absolute Gasteiger partial charge is 0.374 e. The van der Waals surface area contributed by atoms with Gasteiger partial charge in [-0.05, 0) is 17.5 Å². The summed E-state index contributed by atoms with van der Waals surface area (Å²) in [6.45, 7) is 0.633. The van der Waals surface area contributed by atoms with E-state index in [4.69, 9.17) is 5.11 Å². The lowest BCUT2D eigenvalue weighted by molar-refractivity contribution is 0.0683. The number of nitrogens with one attached hydrogen (secondary N) is 1. The Balaban J connectivity index is 2.04. The third-order valence-electron chi connectivity index (χ3n) is 1.87. The Morgan fingerprint density at radius 1 is 1.50 bits per heavy atom. The molecule has 0 radical (unpaired) electrons. The van der Waals surface area contributed by atoms with Gasteiger partial charge >= 0.3 is 5.97 Å². The molecule has 0 aliphatic heterocycles. The molecule has 2 heterocycles. The molecule has 6 heteroatoms. The van der Waals surface area contributed by atoms with Crippen LogP contribution < -0.4 is 5.32 Å². The first-order valence-electron chi connectivity index (χ1n) is 4.58. The number of hydrogen-bond acceptors (Lipinski definition) is 5. The highest BCUT2D eigenvalue weighted by molar-refractivity contribution is 7.09. The molecular weight excluding hydrogens is 226 g/mol. The highest BCUT2D eigenvalue weighted by atomic mass is 32.1. The third-order valence-corrected chi connectivity index (χ3v) is 2.75. The maximum absolute atomic E-state index is 10.6. The van der Waals surface area contributed by atoms with Gasteiger partial charge in [-0.3, -0.25) is 0 Å². The summed E-state index contributed by atoms with van der Waals surface area (Å²) in [7, 11) is 0. The lowest BCUT2D eigenvalue weighted by Gasteiger charge is -2.03. The van der Waals surface area contributed by atoms with Crippen LogP contribution in [0.3, 0.4) is 0 Å². The summed E-state index contributed by atoms with van der Waals surface area (Å²) in [5.41, 5.74) is 0. The average molecular weight is 235 g/mol. The van der Waals surface area contributed by atoms with E-state index in [1.807, 2.05) is 17.5 Å². The van der Waals surface area contributed by atoms with Crippen molar-refractivity contribution in [3.05, 3.63) is 40.5 Å². The minimum atomic E-state index is -1.13. The summed E-state index contributed by atoms with van der Waals surface area (Å²) in [4.78, 5) is 19.3. The van der Waals surface area contributed by atoms with Crippen LogP contribution in [0.15, 0.2) is 29.8 Å². The maximum atomic E-state index is 10.6. The number of carbonyl (C=O) groups is 1. The summed E-state index contributed by atoms with van der Waals surface area (Å²) >= 11 is 1.63. The number of carboxylic acids is 1. The summed E-state index contributed by atoms with van der Waals surface area (Å²) < 4.78 is 0. The number of nitrogens with zero attached hydrogens (tertiary/aromatic N) is 2. The zero-order valence-corrected chi connectivity index (χ0v) is 9.07. The number of anilines is 1. The van der Waals surface area contributed by atoms with Crippen molar-refractivity contribution in [2.75, 3.05) is 5.32 Å². The molecule has 0 aliphatic rings. The Labute approximate surface area is 95.8 Å². The van der Waals surface area contributed by atoms with E-state index in [0.29, 0.717) is 12.4 Å². The first-order chi connectivity index (χ1) is 7.75. The summed E-state index contributed by atoms with van der Waals surface area (Å²) in [5, 5.41) is 13.7. The normalized spacial score (nSPS) is 10.0. The molecule has 5 nitrogen and oxygen atoms in total. The Morgan fingerprint density at radius 3 is 3.06 bits per heavy atom. The molecule has 0 aliphatic carbocycles. The van der Waals surface area contributed by atoms with Crippen LogP contribution in [0.1, 0.15) is 15.5 Å². The van der Waals surface area contributed by atoms with Crippen molar-refractivity contribution in [2.45, 2.75) is 6.54 Å². The van der Waals surface area contributed by atoms with E-state index in [-0.39, 0.29) is 5.82 Å². The van der Waals surface area contributed by atoms with Gasteiger partial charge in [-0.2, -0.15) is 0 Å². The van der Waals surface area contributed by atoms with Crippen molar-refractivity contribution in [2.24, 2.45) is 0 Å². The monoisotopic (exact) mass is 235 g/mol. The Morgan fingerprint density at radius 2 is 2.38 bits per heavy atom. The van der Waals surface area contributed by atoms with Crippen LogP contribution >= 0.6 is 11.3 Å². The van der Waals surface area contributed by atoms with Crippen molar-refractivity contribution in [3.8, 4) is 0 Å². The van der Waals surface area contributed by atoms with Crippen molar-refractivity contribution >= 4 is 23.1 Å². The molecule has 0 unspecified atom stereocenters. The second-order valence-electron chi connectivity index (χ2n) is 3.00. The molecule has 2 aromatic heterocycles. The number of thiophene rings is 1. The predicted octanol–water partition coefficient (Wildman–Crippen LogP) is 1.85. The largest absolute Gasteiger partial charge is 0.475 e. The van der Waals surface area contributed by atoms with Crippen LogP contribution in [0.4, 0.5) is 5.82 Å². The molecule has 2 N–H and O–H groups in total. The fourth-order valence-electron chi connectivity index (χ4n) is 1.15. The van der Waals surface area contributed by atoms with Crippen LogP contribution in [0.5, 0.6) is 0 Å². The molecule has 16 heavy (non-hydrogen) atoms. The standard InChI is InChI=1S/C10H9N3O2S/c14-10(15)9-11-4-3-8(13-9)12-6-7-2-1-5-16-7/h1-5H,6H2,(H,14,15)(H,11,12,13). The lowest BCUT2D eigenvalue weighted by Crippen LogP contribution is -2.07. The third kappa shape index (κ3) is 2.54. The van der Waals surface area contributed by atoms with E-state index in [1.54, 1.807) is 17.4 Å². The first kappa shape index (κ1) is 10.6. The van der Waals surface area contributed by atoms with E-state index < -0.39 is 5.97 Å². The van der Waals surface area contributed by atoms with E-state index >= 15 is 0 Å². The van der Waals surface area contributed by atoms with Crippen LogP contribution in [0, 0.1) is 0 Å². The first-order valence-corrected chi connectivity index (χ1v) is 5.46. The van der Waals surface area contributed by atoms with Gasteiger partial charge in [-0.25, -0.2) is 14.8 Å². The summed E-state index contributed by atoms with van der Waals surface area (Å²) in [6, 6.07) is 5.60. The van der Waals surface area contributed by atoms with Gasteiger partial charge in [0.2, 0.25) is 5.82 Å². The second kappa shape index (κ2) is 4.71. The zero-order valence-electron chi connectivity index (χ0n) is 8.25. The number of aromatic carboxylic acids is 1. The highest BCUT2D eigenvalue weighted by Crippen LogP contribution is 2.11. The second-order valence-corrected chi connectivity index (χ2v) is 4.04. The van der Waals surface area contributed by atoms with Crippen molar-refractivity contribution < 1.29 is 9.90 Å². The van der Waals surface area contributed by atoms with Crippen LogP contribution in [-0.4, -0.2) is 21.0 Å². The van der Waals surface area contributed by atoms with Gasteiger partial charge in [0.05, 0.1) is 6.54 Å². The Hall–Kier alpha value is -1.95. The van der Waals surface area contributed by atoms with Gasteiger partial charge < -0.3 is 10.4 Å². The quantitative estimate of drug-likeness (QED) is 0.845. The molecule has 0 spiro atoms. The molecule has 0 aromatic carbocycles. The molecule has 2 rings (SSSR count). The van der Waals surface area contributed by atoms with Gasteiger partial charge in [0, 0.05) is 11.1 Å². The van der Waals surface area contributed by atoms with Crippen molar-refractivity contribution in [1.82, 2.24) is 9.97 Å². The molecule has 0 amide bonds. The fourth-order valence-corrected chi connectivity index (χ4v) is 1.80. The summed E-state index contributed by atoms with van der Waals surface area (Å²) in [6.07, 6.45) is 1.42. The van der Waals surface area contributed by atoms with Crippen LogP contribution in [-0.2, 0) is 6.54 Å². The van der Waals surface area contributed by atoms with Gasteiger partial charge in [0.25, 0.3) is 0 Å². The molecule has 0 atom stereocenters. The topological polar surface area (TPSA) is 75.1 Å². The zero-order chi connectivity index (χ0) is 11.4. The van der Waals surface area contributed by atoms with E-state index in [1.165, 1.54) is 6.20 Å². The molecule has 0 bridgehead atoms. The Kier molecular flexibility index (Phi) is 3.11. The molecule has 0 saturated carbocycles. The SMILES string of the molecule is O=C(O)c1nccc(NCc2cccs2)n1. The van der Waals surface area contributed by atoms with E-state index in [9.17, 15) is 4.79 Å². The number of carboxylic acid groups (broad SMARTS) is 1. The van der Waals surface area contributed by atoms with E-state index in [0.717, 1.165) is 4.88 Å². The maximum Gasteiger partial charge on any atom is 0.374 e. The lowest BCUT2D eigenvalue weighted by atomic mass is 10.4. The number of rotatable bonds is 4. The molecule has 82 valence electrons. The van der Waals surface area contributed by atoms with E-state index in [2.05, 4.69) is 15.3 Å². The minimum absolute atomic E-state index is 0.198. The molecule has 0 saturated heterocycles. The van der Waals surface area contributed by atoms with Gasteiger partial charge in [0.15, 0.2) is 0 Å². The molecule has 0 fully saturated rings. The number of aromatic nitrogens is 2. The Bertz CT molecular complexity index is 485. The predicted molar refractivity (Wildman–Crippen MR) is 60.6 cm³/mol. The summed E-state index contributed by atoms with van der Waals surface area (Å²) in [5.74, 6) is -0.809. The van der Waals surface area contributed by atoms with Gasteiger partial charge in [0.1, 0.15) is 5.82 Å². The van der Waals surface area contributed by atoms with Gasteiger partial charge in [-0.15, -0.1) is 11.3 Å². The molecular formula is C10H9N3O2S.